The Balaban J connectivity index is 1.90. The maximum Gasteiger partial charge on any atom is 0.257 e. The topological polar surface area (TPSA) is 61.4 Å². The molecule has 0 aliphatic heterocycles. The normalized spacial score (nSPS) is 10.9. The van der Waals surface area contributed by atoms with Crippen molar-refractivity contribution in [2.24, 2.45) is 0 Å². The van der Waals surface area contributed by atoms with E-state index in [1.165, 1.54) is 17.1 Å². The molecule has 0 saturated carbocycles. The third-order valence-electron chi connectivity index (χ3n) is 3.51. The number of nitrogens with zero attached hydrogens (tertiary/aromatic N) is 1. The van der Waals surface area contributed by atoms with Crippen LogP contribution in [0.4, 0.5) is 11.4 Å². The van der Waals surface area contributed by atoms with Crippen LogP contribution in [-0.4, -0.2) is 13.5 Å². The summed E-state index contributed by atoms with van der Waals surface area (Å²) in [6.07, 6.45) is 0. The lowest BCUT2D eigenvalue weighted by Gasteiger charge is -2.26. The second-order valence-corrected chi connectivity index (χ2v) is 7.42. The highest BCUT2D eigenvalue weighted by Gasteiger charge is 2.21. The first kappa shape index (κ1) is 18.1. The van der Waals surface area contributed by atoms with Crippen LogP contribution in [0.3, 0.4) is 0 Å². The first-order valence-corrected chi connectivity index (χ1v) is 9.74. The summed E-state index contributed by atoms with van der Waals surface area (Å²) in [6, 6.07) is 26.5. The van der Waals surface area contributed by atoms with Crippen molar-refractivity contribution in [3.05, 3.63) is 91.0 Å². The van der Waals surface area contributed by atoms with Crippen molar-refractivity contribution in [2.45, 2.75) is 4.90 Å². The van der Waals surface area contributed by atoms with Crippen LogP contribution in [0.15, 0.2) is 95.9 Å². The van der Waals surface area contributed by atoms with Crippen LogP contribution < -0.4 is 15.2 Å². The van der Waals surface area contributed by atoms with E-state index in [0.717, 1.165) is 5.69 Å². The summed E-state index contributed by atoms with van der Waals surface area (Å²) in [5.74, 6) is 0. The van der Waals surface area contributed by atoms with Gasteiger partial charge in [0.2, 0.25) is 0 Å². The minimum atomic E-state index is -3.80. The van der Waals surface area contributed by atoms with Crippen LogP contribution in [-0.2, 0) is 10.0 Å². The summed E-state index contributed by atoms with van der Waals surface area (Å²) in [5.41, 5.74) is 1.36. The Morgan fingerprint density at radius 1 is 0.769 bits per heavy atom. The fraction of sp³-hybridized carbons (Fsp3) is 0. The number of hydrogen-bond donors (Lipinski definition) is 2. The predicted octanol–water partition coefficient (Wildman–Crippen LogP) is 3.78. The Kier molecular flexibility index (Phi) is 5.62. The molecule has 0 bridgehead atoms. The molecule has 0 unspecified atom stereocenters. The van der Waals surface area contributed by atoms with Gasteiger partial charge in [-0.2, -0.15) is 0 Å². The molecule has 2 N–H and O–H groups in total. The number of nitrogens with one attached hydrogen (secondary N) is 2. The number of anilines is 2. The van der Waals surface area contributed by atoms with Crippen LogP contribution in [0.5, 0.6) is 0 Å². The molecule has 3 aromatic rings. The minimum absolute atomic E-state index is 0.156. The molecule has 0 aromatic heterocycles. The Labute approximate surface area is 158 Å². The Hall–Kier alpha value is -2.74. The van der Waals surface area contributed by atoms with Crippen LogP contribution in [0.2, 0.25) is 0 Å². The summed E-state index contributed by atoms with van der Waals surface area (Å²) < 4.78 is 25.5. The van der Waals surface area contributed by atoms with Crippen molar-refractivity contribution in [2.75, 3.05) is 10.3 Å². The van der Waals surface area contributed by atoms with E-state index in [1.807, 2.05) is 48.5 Å². The van der Waals surface area contributed by atoms with Crippen molar-refractivity contribution in [1.82, 2.24) is 4.83 Å². The number of para-hydroxylation sites is 2. The number of hydrogen-bond acceptors (Lipinski definition) is 3. The Morgan fingerprint density at radius 3 is 1.85 bits per heavy atom. The first-order chi connectivity index (χ1) is 12.6. The Bertz CT molecular complexity index is 963. The number of thiocarbonyl (C=S) groups is 1. The highest BCUT2D eigenvalue weighted by Crippen LogP contribution is 2.17. The van der Waals surface area contributed by atoms with Crippen molar-refractivity contribution >= 4 is 38.7 Å². The minimum Gasteiger partial charge on any atom is -0.331 e. The van der Waals surface area contributed by atoms with E-state index in [-0.39, 0.29) is 10.0 Å². The van der Waals surface area contributed by atoms with Gasteiger partial charge in [0, 0.05) is 5.69 Å². The van der Waals surface area contributed by atoms with Crippen molar-refractivity contribution < 1.29 is 8.42 Å². The molecule has 5 nitrogen and oxygen atoms in total. The average Bonchev–Trinajstić information content (AvgIpc) is 2.68. The van der Waals surface area contributed by atoms with Gasteiger partial charge >= 0.3 is 0 Å². The van der Waals surface area contributed by atoms with Gasteiger partial charge < -0.3 is 5.32 Å². The monoisotopic (exact) mass is 383 g/mol. The van der Waals surface area contributed by atoms with Gasteiger partial charge in [-0.3, -0.25) is 0 Å². The predicted molar refractivity (Wildman–Crippen MR) is 108 cm³/mol. The van der Waals surface area contributed by atoms with Crippen LogP contribution in [0, 0.1) is 0 Å². The molecule has 0 heterocycles. The molecule has 132 valence electrons. The van der Waals surface area contributed by atoms with E-state index in [4.69, 9.17) is 12.2 Å². The van der Waals surface area contributed by atoms with Gasteiger partial charge in [0.15, 0.2) is 5.11 Å². The molecule has 0 aliphatic carbocycles. The van der Waals surface area contributed by atoms with Gasteiger partial charge in [0.1, 0.15) is 0 Å². The summed E-state index contributed by atoms with van der Waals surface area (Å²) >= 11 is 5.45. The molecular weight excluding hydrogens is 366 g/mol. The molecule has 0 aliphatic rings. The summed E-state index contributed by atoms with van der Waals surface area (Å²) in [5, 5.41) is 4.59. The van der Waals surface area contributed by atoms with E-state index in [1.54, 1.807) is 30.3 Å². The molecule has 26 heavy (non-hydrogen) atoms. The highest BCUT2D eigenvalue weighted by atomic mass is 32.2. The van der Waals surface area contributed by atoms with Crippen LogP contribution >= 0.6 is 12.2 Å². The Morgan fingerprint density at radius 2 is 1.27 bits per heavy atom. The molecule has 7 heteroatoms. The van der Waals surface area contributed by atoms with E-state index in [2.05, 4.69) is 10.1 Å². The molecule has 0 amide bonds. The van der Waals surface area contributed by atoms with Gasteiger partial charge in [0.25, 0.3) is 10.0 Å². The van der Waals surface area contributed by atoms with Crippen LogP contribution in [0.25, 0.3) is 0 Å². The third-order valence-corrected chi connectivity index (χ3v) is 5.11. The van der Waals surface area contributed by atoms with Crippen molar-refractivity contribution in [3.8, 4) is 0 Å². The molecule has 3 rings (SSSR count). The largest absolute Gasteiger partial charge is 0.331 e. The molecule has 0 radical (unpaired) electrons. The molecular formula is C19H17N3O2S2. The number of sulfonamides is 1. The molecule has 0 fully saturated rings. The maximum atomic E-state index is 12.7. The van der Waals surface area contributed by atoms with Gasteiger partial charge in [-0.25, -0.2) is 13.4 Å². The molecule has 0 atom stereocenters. The number of benzene rings is 3. The van der Waals surface area contributed by atoms with Gasteiger partial charge in [-0.05, 0) is 48.6 Å². The van der Waals surface area contributed by atoms with Gasteiger partial charge in [-0.1, -0.05) is 54.6 Å². The second-order valence-electron chi connectivity index (χ2n) is 5.37. The van der Waals surface area contributed by atoms with Gasteiger partial charge in [0.05, 0.1) is 10.6 Å². The summed E-state index contributed by atoms with van der Waals surface area (Å²) in [7, 11) is -3.80. The smallest absolute Gasteiger partial charge is 0.257 e. The quantitative estimate of drug-likeness (QED) is 0.519. The molecule has 3 aromatic carbocycles. The summed E-state index contributed by atoms with van der Waals surface area (Å²) in [4.78, 5) is 2.70. The van der Waals surface area contributed by atoms with Crippen LogP contribution in [0.1, 0.15) is 0 Å². The standard InChI is InChI=1S/C19H17N3O2S2/c23-26(24,18-14-8-3-9-15-18)21-22(17-12-6-2-7-13-17)19(25)20-16-10-4-1-5-11-16/h1-15,21H,(H,20,25). The zero-order valence-electron chi connectivity index (χ0n) is 13.7. The van der Waals surface area contributed by atoms with E-state index in [9.17, 15) is 8.42 Å². The molecule has 0 saturated heterocycles. The maximum absolute atomic E-state index is 12.7. The SMILES string of the molecule is O=S(=O)(NN(C(=S)Nc1ccccc1)c1ccccc1)c1ccccc1. The fourth-order valence-corrected chi connectivity index (χ4v) is 3.65. The van der Waals surface area contributed by atoms with Crippen molar-refractivity contribution in [3.63, 3.8) is 0 Å². The zero-order valence-corrected chi connectivity index (χ0v) is 15.4. The first-order valence-electron chi connectivity index (χ1n) is 7.85. The number of hydrazine groups is 1. The third kappa shape index (κ3) is 4.45. The lowest BCUT2D eigenvalue weighted by Crippen LogP contribution is -2.48. The average molecular weight is 383 g/mol. The zero-order chi connectivity index (χ0) is 18.4. The van der Waals surface area contributed by atoms with Gasteiger partial charge in [-0.15, -0.1) is 4.83 Å². The van der Waals surface area contributed by atoms with E-state index in [0.29, 0.717) is 5.69 Å². The molecule has 0 spiro atoms. The lowest BCUT2D eigenvalue weighted by molar-refractivity contribution is 0.583. The highest BCUT2D eigenvalue weighted by molar-refractivity contribution is 7.89. The van der Waals surface area contributed by atoms with E-state index < -0.39 is 10.0 Å². The van der Waals surface area contributed by atoms with E-state index >= 15 is 0 Å². The number of rotatable bonds is 5. The summed E-state index contributed by atoms with van der Waals surface area (Å²) in [6.45, 7) is 0. The van der Waals surface area contributed by atoms with Crippen molar-refractivity contribution in [1.29, 1.82) is 0 Å². The second kappa shape index (κ2) is 8.09. The lowest BCUT2D eigenvalue weighted by atomic mass is 10.3. The fourth-order valence-electron chi connectivity index (χ4n) is 2.26.